The van der Waals surface area contributed by atoms with Gasteiger partial charge in [-0.1, -0.05) is 231 Å². The summed E-state index contributed by atoms with van der Waals surface area (Å²) in [6.07, 6.45) is 0. The number of hydrogen-bond acceptors (Lipinski definition) is 2. The molecule has 0 saturated carbocycles. The molecule has 80 heavy (non-hydrogen) atoms. The lowest BCUT2D eigenvalue weighted by atomic mass is 9.64. The molecule has 0 radical (unpaired) electrons. The molecule has 0 atom stereocenters. The first-order valence-corrected chi connectivity index (χ1v) is 27.7. The van der Waals surface area contributed by atoms with Crippen molar-refractivity contribution in [2.24, 2.45) is 0 Å². The third-order valence-electron chi connectivity index (χ3n) is 17.0. The van der Waals surface area contributed by atoms with Crippen molar-refractivity contribution in [2.75, 3.05) is 9.80 Å². The third kappa shape index (κ3) is 6.87. The maximum absolute atomic E-state index is 2.51. The van der Waals surface area contributed by atoms with E-state index in [0.29, 0.717) is 0 Å². The van der Waals surface area contributed by atoms with Crippen LogP contribution in [-0.4, -0.2) is 4.57 Å². The van der Waals surface area contributed by atoms with Crippen LogP contribution in [0.4, 0.5) is 34.1 Å². The second-order valence-corrected chi connectivity index (χ2v) is 21.1. The van der Waals surface area contributed by atoms with E-state index in [1.54, 1.807) is 0 Å². The minimum Gasteiger partial charge on any atom is -0.310 e. The molecule has 1 aromatic heterocycles. The second-order valence-electron chi connectivity index (χ2n) is 21.1. The van der Waals surface area contributed by atoms with Gasteiger partial charge in [0.25, 0.3) is 0 Å². The number of aromatic nitrogens is 1. The number of hydrogen-bond donors (Lipinski definition) is 0. The zero-order valence-electron chi connectivity index (χ0n) is 43.8. The zero-order valence-corrected chi connectivity index (χ0v) is 43.8. The molecule has 0 bridgehead atoms. The highest BCUT2D eigenvalue weighted by atomic mass is 15.2. The van der Waals surface area contributed by atoms with Gasteiger partial charge in [0.1, 0.15) is 0 Å². The van der Waals surface area contributed by atoms with Crippen LogP contribution >= 0.6 is 0 Å². The number of anilines is 6. The monoisotopic (exact) mass is 1020 g/mol. The van der Waals surface area contributed by atoms with Gasteiger partial charge in [-0.25, -0.2) is 0 Å². The fourth-order valence-corrected chi connectivity index (χ4v) is 13.7. The standard InChI is InChI=1S/C77H51N3/c1-2-25-55(26-3-1)79-75-42-18-13-37-69(75)77(70-38-14-19-43-76(70)79)68-36-12-8-31-63(68)64-49-48-58(51-71(64)77)78(72-39-15-9-32-65(72)62-30-7-6-29-61(62)60-35-21-23-53-22-4-5-28-59(53)60)56-46-44-52(45-47-56)54-24-20-27-57(50-54)80-73-40-16-10-33-66(73)67-34-11-17-41-74(67)80/h1-51H. The molecule has 1 spiro atoms. The van der Waals surface area contributed by atoms with E-state index in [0.717, 1.165) is 45.1 Å². The molecule has 2 heterocycles. The Morgan fingerprint density at radius 3 is 1.50 bits per heavy atom. The van der Waals surface area contributed by atoms with E-state index in [-0.39, 0.29) is 0 Å². The Morgan fingerprint density at radius 1 is 0.275 bits per heavy atom. The Hall–Kier alpha value is -10.5. The Bertz CT molecular complexity index is 4630. The minimum atomic E-state index is -0.627. The molecule has 3 heteroatoms. The summed E-state index contributed by atoms with van der Waals surface area (Å²) in [5, 5.41) is 4.97. The number of rotatable bonds is 8. The number of nitrogens with zero attached hydrogens (tertiary/aromatic N) is 3. The van der Waals surface area contributed by atoms with Crippen molar-refractivity contribution in [3.63, 3.8) is 0 Å². The van der Waals surface area contributed by atoms with Crippen LogP contribution in [0.2, 0.25) is 0 Å². The van der Waals surface area contributed by atoms with Crippen molar-refractivity contribution in [2.45, 2.75) is 5.41 Å². The van der Waals surface area contributed by atoms with Crippen molar-refractivity contribution < 1.29 is 0 Å². The Labute approximate surface area is 465 Å². The summed E-state index contributed by atoms with van der Waals surface area (Å²) in [7, 11) is 0. The van der Waals surface area contributed by atoms with Gasteiger partial charge in [-0.3, -0.25) is 0 Å². The van der Waals surface area contributed by atoms with Crippen LogP contribution in [0.5, 0.6) is 0 Å². The first-order valence-electron chi connectivity index (χ1n) is 27.7. The Balaban J connectivity index is 0.909. The van der Waals surface area contributed by atoms with Crippen LogP contribution in [0, 0.1) is 0 Å². The molecular formula is C77H51N3. The summed E-state index contributed by atoms with van der Waals surface area (Å²) in [4.78, 5) is 4.96. The van der Waals surface area contributed by atoms with Gasteiger partial charge in [-0.2, -0.15) is 0 Å². The molecule has 14 aromatic rings. The van der Waals surface area contributed by atoms with Gasteiger partial charge in [0.05, 0.1) is 33.5 Å². The molecule has 0 amide bonds. The minimum absolute atomic E-state index is 0.627. The number of para-hydroxylation sites is 6. The van der Waals surface area contributed by atoms with Gasteiger partial charge in [0, 0.05) is 39.1 Å². The van der Waals surface area contributed by atoms with Gasteiger partial charge in [-0.15, -0.1) is 0 Å². The molecule has 16 rings (SSSR count). The lowest BCUT2D eigenvalue weighted by molar-refractivity contribution is 0.752. The summed E-state index contributed by atoms with van der Waals surface area (Å²) in [6, 6.07) is 114. The van der Waals surface area contributed by atoms with Crippen molar-refractivity contribution >= 4 is 66.7 Å². The lowest BCUT2D eigenvalue weighted by Crippen LogP contribution is -2.36. The Kier molecular flexibility index (Phi) is 10.5. The molecule has 0 N–H and O–H groups in total. The first kappa shape index (κ1) is 45.7. The quantitative estimate of drug-likeness (QED) is 0.150. The topological polar surface area (TPSA) is 11.4 Å². The largest absolute Gasteiger partial charge is 0.310 e. The molecule has 13 aromatic carbocycles. The van der Waals surface area contributed by atoms with Crippen LogP contribution in [-0.2, 0) is 5.41 Å². The van der Waals surface area contributed by atoms with E-state index < -0.39 is 5.41 Å². The van der Waals surface area contributed by atoms with Crippen molar-refractivity contribution in [1.82, 2.24) is 4.57 Å². The lowest BCUT2D eigenvalue weighted by Gasteiger charge is -2.45. The van der Waals surface area contributed by atoms with Crippen LogP contribution < -0.4 is 9.80 Å². The second kappa shape index (κ2) is 18.3. The predicted octanol–water partition coefficient (Wildman–Crippen LogP) is 20.6. The number of benzene rings is 13. The third-order valence-corrected chi connectivity index (χ3v) is 17.0. The molecular weight excluding hydrogens is 967 g/mol. The van der Waals surface area contributed by atoms with Crippen LogP contribution in [0.15, 0.2) is 309 Å². The fourth-order valence-electron chi connectivity index (χ4n) is 13.7. The highest BCUT2D eigenvalue weighted by molar-refractivity contribution is 6.09. The maximum atomic E-state index is 2.51. The van der Waals surface area contributed by atoms with Gasteiger partial charge in [0.15, 0.2) is 0 Å². The highest BCUT2D eigenvalue weighted by Gasteiger charge is 2.52. The van der Waals surface area contributed by atoms with Gasteiger partial charge in [-0.05, 0) is 151 Å². The average molecular weight is 1020 g/mol. The van der Waals surface area contributed by atoms with Crippen molar-refractivity contribution in [1.29, 1.82) is 0 Å². The molecule has 0 fully saturated rings. The highest BCUT2D eigenvalue weighted by Crippen LogP contribution is 2.64. The molecule has 3 nitrogen and oxygen atoms in total. The Morgan fingerprint density at radius 2 is 0.775 bits per heavy atom. The van der Waals surface area contributed by atoms with Crippen molar-refractivity contribution in [3.05, 3.63) is 332 Å². The predicted molar refractivity (Wildman–Crippen MR) is 335 cm³/mol. The zero-order chi connectivity index (χ0) is 52.7. The van der Waals surface area contributed by atoms with Crippen LogP contribution in [0.1, 0.15) is 22.3 Å². The molecule has 0 unspecified atom stereocenters. The average Bonchev–Trinajstić information content (AvgIpc) is 4.23. The number of fused-ring (bicyclic) bond motifs is 13. The van der Waals surface area contributed by atoms with Gasteiger partial charge in [0.2, 0.25) is 0 Å². The fraction of sp³-hybridized carbons (Fsp3) is 0.0130. The van der Waals surface area contributed by atoms with Gasteiger partial charge < -0.3 is 14.4 Å². The molecule has 374 valence electrons. The van der Waals surface area contributed by atoms with Crippen LogP contribution in [0.25, 0.3) is 82.8 Å². The summed E-state index contributed by atoms with van der Waals surface area (Å²) < 4.78 is 2.40. The summed E-state index contributed by atoms with van der Waals surface area (Å²) in [5.41, 5.74) is 24.2. The molecule has 2 aliphatic rings. The van der Waals surface area contributed by atoms with E-state index in [9.17, 15) is 0 Å². The SMILES string of the molecule is c1ccc(N2c3ccccc3C3(c4ccccc4-c4ccc(N(c5ccc(-c6cccc(-n7c8ccccc8c8ccccc87)c6)cc5)c5ccccc5-c5ccccc5-c5cccc6ccccc56)cc43)c3ccccc32)cc1. The molecule has 1 aliphatic carbocycles. The summed E-state index contributed by atoms with van der Waals surface area (Å²) in [6.45, 7) is 0. The smallest absolute Gasteiger partial charge is 0.0755 e. The first-order chi connectivity index (χ1) is 39.7. The normalized spacial score (nSPS) is 12.8. The summed E-state index contributed by atoms with van der Waals surface area (Å²) >= 11 is 0. The van der Waals surface area contributed by atoms with E-state index >= 15 is 0 Å². The van der Waals surface area contributed by atoms with Gasteiger partial charge >= 0.3 is 0 Å². The van der Waals surface area contributed by atoms with E-state index in [1.807, 2.05) is 0 Å². The van der Waals surface area contributed by atoms with Crippen LogP contribution in [0.3, 0.4) is 0 Å². The molecule has 1 aliphatic heterocycles. The molecule has 0 saturated heterocycles. The van der Waals surface area contributed by atoms with E-state index in [4.69, 9.17) is 0 Å². The van der Waals surface area contributed by atoms with E-state index in [2.05, 4.69) is 324 Å². The maximum Gasteiger partial charge on any atom is 0.0755 e. The van der Waals surface area contributed by atoms with E-state index in [1.165, 1.54) is 94.0 Å². The summed E-state index contributed by atoms with van der Waals surface area (Å²) in [5.74, 6) is 0. The van der Waals surface area contributed by atoms with Crippen molar-refractivity contribution in [3.8, 4) is 50.2 Å².